The second kappa shape index (κ2) is 5.72. The average molecular weight is 197 g/mol. The molecule has 0 spiro atoms. The maximum absolute atomic E-state index is 10.3. The third-order valence-electron chi connectivity index (χ3n) is 1.37. The van der Waals surface area contributed by atoms with Gasteiger partial charge in [-0.1, -0.05) is 13.8 Å². The number of halogens is 1. The van der Waals surface area contributed by atoms with Crippen LogP contribution in [-0.4, -0.2) is 27.5 Å². The van der Waals surface area contributed by atoms with E-state index in [-0.39, 0.29) is 0 Å². The van der Waals surface area contributed by atoms with Gasteiger partial charge in [0.2, 0.25) is 0 Å². The number of aliphatic carboxylic acids is 1. The van der Waals surface area contributed by atoms with Crippen molar-refractivity contribution in [1.29, 1.82) is 0 Å². The van der Waals surface area contributed by atoms with Crippen molar-refractivity contribution < 1.29 is 9.90 Å². The van der Waals surface area contributed by atoms with E-state index in [9.17, 15) is 4.79 Å². The summed E-state index contributed by atoms with van der Waals surface area (Å²) in [5.74, 6) is -0.436. The molecule has 0 radical (unpaired) electrons. The van der Waals surface area contributed by atoms with Crippen LogP contribution in [-0.2, 0) is 4.79 Å². The molecule has 0 aromatic heterocycles. The fraction of sp³-hybridized carbons (Fsp3) is 0.857. The number of alkyl halides is 1. The SMILES string of the molecule is CCC(C)SCC(Cl)C(=O)O. The summed E-state index contributed by atoms with van der Waals surface area (Å²) >= 11 is 7.10. The Kier molecular flexibility index (Phi) is 5.78. The summed E-state index contributed by atoms with van der Waals surface area (Å²) in [4.78, 5) is 10.3. The van der Waals surface area contributed by atoms with Gasteiger partial charge in [-0.05, 0) is 6.42 Å². The number of carbonyl (C=O) groups is 1. The lowest BCUT2D eigenvalue weighted by molar-refractivity contribution is -0.136. The Bertz CT molecular complexity index is 130. The first-order valence-corrected chi connectivity index (χ1v) is 5.05. The molecule has 2 unspecified atom stereocenters. The van der Waals surface area contributed by atoms with Crippen LogP contribution in [0.25, 0.3) is 0 Å². The fourth-order valence-electron chi connectivity index (χ4n) is 0.438. The summed E-state index contributed by atoms with van der Waals surface area (Å²) in [7, 11) is 0. The highest BCUT2D eigenvalue weighted by Crippen LogP contribution is 2.16. The van der Waals surface area contributed by atoms with Crippen molar-refractivity contribution in [3.05, 3.63) is 0 Å². The van der Waals surface area contributed by atoms with Gasteiger partial charge in [0.25, 0.3) is 0 Å². The van der Waals surface area contributed by atoms with E-state index in [1.807, 2.05) is 0 Å². The Morgan fingerprint density at radius 2 is 2.27 bits per heavy atom. The van der Waals surface area contributed by atoms with Crippen molar-refractivity contribution in [2.24, 2.45) is 0 Å². The first-order chi connectivity index (χ1) is 5.07. The summed E-state index contributed by atoms with van der Waals surface area (Å²) in [5.41, 5.74) is 0. The molecule has 0 saturated carbocycles. The van der Waals surface area contributed by atoms with Gasteiger partial charge in [-0.2, -0.15) is 11.8 Å². The molecule has 0 aromatic carbocycles. The second-order valence-corrected chi connectivity index (χ2v) is 4.36. The molecule has 4 heteroatoms. The van der Waals surface area contributed by atoms with Crippen molar-refractivity contribution in [1.82, 2.24) is 0 Å². The molecule has 2 atom stereocenters. The van der Waals surface area contributed by atoms with Gasteiger partial charge in [-0.3, -0.25) is 4.79 Å². The molecule has 0 aromatic rings. The van der Waals surface area contributed by atoms with E-state index in [0.717, 1.165) is 6.42 Å². The van der Waals surface area contributed by atoms with Gasteiger partial charge in [0, 0.05) is 11.0 Å². The average Bonchev–Trinajstić information content (AvgIpc) is 1.99. The largest absolute Gasteiger partial charge is 0.480 e. The van der Waals surface area contributed by atoms with Crippen LogP contribution in [0.3, 0.4) is 0 Å². The molecule has 0 saturated heterocycles. The standard InChI is InChI=1S/C7H13ClO2S/c1-3-5(2)11-4-6(8)7(9)10/h5-6H,3-4H2,1-2H3,(H,9,10). The predicted octanol–water partition coefficient (Wildman–Crippen LogP) is 2.21. The van der Waals surface area contributed by atoms with Crippen LogP contribution in [0.15, 0.2) is 0 Å². The molecule has 66 valence electrons. The summed E-state index contributed by atoms with van der Waals surface area (Å²) < 4.78 is 0. The van der Waals surface area contributed by atoms with E-state index >= 15 is 0 Å². The molecule has 0 heterocycles. The van der Waals surface area contributed by atoms with Gasteiger partial charge < -0.3 is 5.11 Å². The molecule has 11 heavy (non-hydrogen) atoms. The van der Waals surface area contributed by atoms with Crippen molar-refractivity contribution in [3.63, 3.8) is 0 Å². The molecule has 1 N–H and O–H groups in total. The summed E-state index contributed by atoms with van der Waals surface area (Å²) in [6.07, 6.45) is 1.05. The van der Waals surface area contributed by atoms with E-state index < -0.39 is 11.3 Å². The highest BCUT2D eigenvalue weighted by Gasteiger charge is 2.14. The predicted molar refractivity (Wildman–Crippen MR) is 49.5 cm³/mol. The van der Waals surface area contributed by atoms with Crippen molar-refractivity contribution >= 4 is 29.3 Å². The van der Waals surface area contributed by atoms with Gasteiger partial charge in [0.1, 0.15) is 5.38 Å². The monoisotopic (exact) mass is 196 g/mol. The lowest BCUT2D eigenvalue weighted by atomic mass is 10.4. The maximum atomic E-state index is 10.3. The minimum atomic E-state index is -0.928. The number of rotatable bonds is 5. The van der Waals surface area contributed by atoms with Crippen LogP contribution < -0.4 is 0 Å². The number of hydrogen-bond donors (Lipinski definition) is 1. The minimum Gasteiger partial charge on any atom is -0.480 e. The quantitative estimate of drug-likeness (QED) is 0.686. The molecular formula is C7H13ClO2S. The molecule has 2 nitrogen and oxygen atoms in total. The Morgan fingerprint density at radius 3 is 2.64 bits per heavy atom. The number of thioether (sulfide) groups is 1. The fourth-order valence-corrected chi connectivity index (χ4v) is 1.53. The van der Waals surface area contributed by atoms with E-state index in [1.54, 1.807) is 11.8 Å². The zero-order valence-electron chi connectivity index (χ0n) is 6.71. The van der Waals surface area contributed by atoms with Gasteiger partial charge in [-0.25, -0.2) is 0 Å². The van der Waals surface area contributed by atoms with Crippen molar-refractivity contribution in [3.8, 4) is 0 Å². The minimum absolute atomic E-state index is 0.492. The lowest BCUT2D eigenvalue weighted by Crippen LogP contribution is -2.17. The Labute approximate surface area is 76.3 Å². The zero-order valence-corrected chi connectivity index (χ0v) is 8.28. The molecule has 0 amide bonds. The highest BCUT2D eigenvalue weighted by molar-refractivity contribution is 8.00. The number of carboxylic acid groups (broad SMARTS) is 1. The Hall–Kier alpha value is 0.110. The van der Waals surface area contributed by atoms with Crippen LogP contribution in [0.1, 0.15) is 20.3 Å². The molecule has 0 rings (SSSR count). The maximum Gasteiger partial charge on any atom is 0.322 e. The first kappa shape index (κ1) is 11.1. The summed E-state index contributed by atoms with van der Waals surface area (Å²) in [6, 6.07) is 0. The van der Waals surface area contributed by atoms with Gasteiger partial charge >= 0.3 is 5.97 Å². The van der Waals surface area contributed by atoms with Gasteiger partial charge in [0.15, 0.2) is 0 Å². The molecule has 0 aliphatic rings. The lowest BCUT2D eigenvalue weighted by Gasteiger charge is -2.08. The second-order valence-electron chi connectivity index (χ2n) is 2.36. The molecule has 0 bridgehead atoms. The highest BCUT2D eigenvalue weighted by atomic mass is 35.5. The summed E-state index contributed by atoms with van der Waals surface area (Å²) in [6.45, 7) is 4.14. The van der Waals surface area contributed by atoms with E-state index in [1.165, 1.54) is 0 Å². The van der Waals surface area contributed by atoms with Gasteiger partial charge in [-0.15, -0.1) is 11.6 Å². The van der Waals surface area contributed by atoms with Gasteiger partial charge in [0.05, 0.1) is 0 Å². The molecule has 0 aliphatic carbocycles. The van der Waals surface area contributed by atoms with Crippen LogP contribution >= 0.6 is 23.4 Å². The third-order valence-corrected chi connectivity index (χ3v) is 3.32. The zero-order chi connectivity index (χ0) is 8.85. The van der Waals surface area contributed by atoms with E-state index in [4.69, 9.17) is 16.7 Å². The van der Waals surface area contributed by atoms with Crippen molar-refractivity contribution in [2.45, 2.75) is 30.9 Å². The van der Waals surface area contributed by atoms with Crippen LogP contribution in [0.4, 0.5) is 0 Å². The van der Waals surface area contributed by atoms with Crippen LogP contribution in [0.2, 0.25) is 0 Å². The Morgan fingerprint density at radius 1 is 1.73 bits per heavy atom. The topological polar surface area (TPSA) is 37.3 Å². The molecule has 0 fully saturated rings. The van der Waals surface area contributed by atoms with Crippen LogP contribution in [0, 0.1) is 0 Å². The molecular weight excluding hydrogens is 184 g/mol. The van der Waals surface area contributed by atoms with Crippen molar-refractivity contribution in [2.75, 3.05) is 5.75 Å². The van der Waals surface area contributed by atoms with E-state index in [0.29, 0.717) is 11.0 Å². The number of hydrogen-bond acceptors (Lipinski definition) is 2. The number of carboxylic acids is 1. The Balaban J connectivity index is 3.45. The third kappa shape index (κ3) is 5.39. The van der Waals surface area contributed by atoms with E-state index in [2.05, 4.69) is 13.8 Å². The normalized spacial score (nSPS) is 15.9. The first-order valence-electron chi connectivity index (χ1n) is 3.56. The summed E-state index contributed by atoms with van der Waals surface area (Å²) in [5, 5.41) is 8.18. The van der Waals surface area contributed by atoms with Crippen LogP contribution in [0.5, 0.6) is 0 Å². The smallest absolute Gasteiger partial charge is 0.322 e. The molecule has 0 aliphatic heterocycles.